The highest BCUT2D eigenvalue weighted by Crippen LogP contribution is 2.14. The van der Waals surface area contributed by atoms with Crippen molar-refractivity contribution in [3.05, 3.63) is 33.8 Å². The van der Waals surface area contributed by atoms with Crippen molar-refractivity contribution in [3.8, 4) is 6.07 Å². The summed E-state index contributed by atoms with van der Waals surface area (Å²) in [7, 11) is 0. The van der Waals surface area contributed by atoms with Crippen LogP contribution in [0.4, 0.5) is 0 Å². The van der Waals surface area contributed by atoms with Crippen LogP contribution in [-0.2, 0) is 9.53 Å². The van der Waals surface area contributed by atoms with Gasteiger partial charge in [0.15, 0.2) is 11.3 Å². The third-order valence-electron chi connectivity index (χ3n) is 1.89. The molecule has 0 fully saturated rings. The van der Waals surface area contributed by atoms with Crippen molar-refractivity contribution in [1.29, 1.82) is 5.26 Å². The lowest BCUT2D eigenvalue weighted by Gasteiger charge is -2.02. The molecule has 0 atom stereocenters. The minimum Gasteiger partial charge on any atom is -0.451 e. The van der Waals surface area contributed by atoms with E-state index in [0.717, 1.165) is 0 Å². The fourth-order valence-electron chi connectivity index (χ4n) is 1.07. The molecule has 1 rings (SSSR count). The molecule has 1 heterocycles. The summed E-state index contributed by atoms with van der Waals surface area (Å²) in [5, 5.41) is 8.68. The van der Waals surface area contributed by atoms with Crippen molar-refractivity contribution in [1.82, 2.24) is 0 Å². The van der Waals surface area contributed by atoms with Crippen LogP contribution in [0.1, 0.15) is 17.5 Å². The number of carbonyl (C=O) groups is 2. The monoisotopic (exact) mass is 312 g/mol. The lowest BCUT2D eigenvalue weighted by atomic mass is 10.1. The van der Waals surface area contributed by atoms with Gasteiger partial charge in [-0.3, -0.25) is 4.79 Å². The van der Waals surface area contributed by atoms with Gasteiger partial charge in [-0.25, -0.2) is 4.79 Å². The Bertz CT molecular complexity index is 550. The van der Waals surface area contributed by atoms with Crippen LogP contribution in [0.5, 0.6) is 0 Å². The molecule has 1 aromatic rings. The Morgan fingerprint density at radius 2 is 2.22 bits per heavy atom. The number of rotatable bonds is 4. The number of carbonyl (C=O) groups excluding carboxylic acids is 2. The number of hydrogen-bond acceptors (Lipinski definition) is 6. The zero-order valence-corrected chi connectivity index (χ0v) is 11.0. The molecule has 1 aromatic heterocycles. The van der Waals surface area contributed by atoms with Crippen molar-refractivity contribution >= 4 is 27.7 Å². The van der Waals surface area contributed by atoms with E-state index in [-0.39, 0.29) is 17.0 Å². The summed E-state index contributed by atoms with van der Waals surface area (Å²) in [6.07, 6.45) is 0. The second-order valence-corrected chi connectivity index (χ2v) is 4.05. The maximum Gasteiger partial charge on any atom is 0.374 e. The van der Waals surface area contributed by atoms with Gasteiger partial charge in [-0.1, -0.05) is 0 Å². The molecule has 0 saturated carbocycles. The molecule has 0 amide bonds. The average Bonchev–Trinajstić information content (AvgIpc) is 2.73. The summed E-state index contributed by atoms with van der Waals surface area (Å²) >= 11 is 3.03. The molecule has 94 valence electrons. The van der Waals surface area contributed by atoms with Gasteiger partial charge in [0.25, 0.3) is 0 Å². The number of allylic oxidation sites excluding steroid dienone is 1. The number of esters is 1. The number of nitrogens with two attached hydrogens (primary N) is 1. The Balaban J connectivity index is 2.62. The van der Waals surface area contributed by atoms with Crippen molar-refractivity contribution in [2.75, 3.05) is 6.61 Å². The van der Waals surface area contributed by atoms with Gasteiger partial charge in [-0.2, -0.15) is 5.26 Å². The Morgan fingerprint density at radius 1 is 1.56 bits per heavy atom. The van der Waals surface area contributed by atoms with Crippen LogP contribution in [0.15, 0.2) is 32.5 Å². The van der Waals surface area contributed by atoms with Crippen LogP contribution in [-0.4, -0.2) is 18.4 Å². The maximum atomic E-state index is 11.5. The average molecular weight is 313 g/mol. The fraction of sp³-hybridized carbons (Fsp3) is 0.182. The second-order valence-electron chi connectivity index (χ2n) is 3.27. The molecule has 18 heavy (non-hydrogen) atoms. The molecule has 0 spiro atoms. The first-order valence-corrected chi connectivity index (χ1v) is 5.57. The predicted molar refractivity (Wildman–Crippen MR) is 64.2 cm³/mol. The van der Waals surface area contributed by atoms with Crippen LogP contribution in [0.2, 0.25) is 0 Å². The highest BCUT2D eigenvalue weighted by molar-refractivity contribution is 9.10. The number of furan rings is 1. The summed E-state index contributed by atoms with van der Waals surface area (Å²) in [5.74, 6) is -1.49. The van der Waals surface area contributed by atoms with Gasteiger partial charge in [-0.05, 0) is 35.0 Å². The number of ether oxygens (including phenoxy) is 1. The fourth-order valence-corrected chi connectivity index (χ4v) is 1.38. The lowest BCUT2D eigenvalue weighted by molar-refractivity contribution is -0.118. The van der Waals surface area contributed by atoms with Gasteiger partial charge < -0.3 is 14.9 Å². The molecule has 0 aliphatic carbocycles. The molecule has 0 radical (unpaired) electrons. The number of halogens is 1. The van der Waals surface area contributed by atoms with Crippen molar-refractivity contribution in [2.24, 2.45) is 5.73 Å². The number of nitrogens with zero attached hydrogens (tertiary/aromatic N) is 1. The van der Waals surface area contributed by atoms with Crippen LogP contribution in [0, 0.1) is 11.3 Å². The Labute approximate surface area is 111 Å². The molecule has 0 unspecified atom stereocenters. The topological polar surface area (TPSA) is 106 Å². The molecule has 0 bridgehead atoms. The van der Waals surface area contributed by atoms with Crippen molar-refractivity contribution < 1.29 is 18.7 Å². The maximum absolute atomic E-state index is 11.5. The summed E-state index contributed by atoms with van der Waals surface area (Å²) in [6.45, 7) is 0.858. The summed E-state index contributed by atoms with van der Waals surface area (Å²) < 4.78 is 10.0. The van der Waals surface area contributed by atoms with E-state index in [1.54, 1.807) is 6.07 Å². The van der Waals surface area contributed by atoms with E-state index in [1.807, 2.05) is 0 Å². The molecule has 0 saturated heterocycles. The summed E-state index contributed by atoms with van der Waals surface area (Å²) in [4.78, 5) is 22.9. The van der Waals surface area contributed by atoms with Gasteiger partial charge in [0.05, 0.1) is 0 Å². The first-order valence-electron chi connectivity index (χ1n) is 4.77. The van der Waals surface area contributed by atoms with Crippen LogP contribution in [0.25, 0.3) is 0 Å². The standard InChI is InChI=1S/C11H9BrN2O4/c1-6(14)7(4-13)8(15)5-17-11(16)9-2-3-10(12)18-9/h2-3H,5,14H2,1H3. The smallest absolute Gasteiger partial charge is 0.374 e. The molecular weight excluding hydrogens is 304 g/mol. The number of nitriles is 1. The van der Waals surface area contributed by atoms with Gasteiger partial charge in [0.2, 0.25) is 11.5 Å². The van der Waals surface area contributed by atoms with Crippen LogP contribution in [0.3, 0.4) is 0 Å². The number of Topliss-reactive ketones (excluding diaryl/α,β-unsaturated/α-hetero) is 1. The van der Waals surface area contributed by atoms with Crippen LogP contribution < -0.4 is 5.73 Å². The normalized spacial score (nSPS) is 11.4. The largest absolute Gasteiger partial charge is 0.451 e. The van der Waals surface area contributed by atoms with E-state index in [9.17, 15) is 9.59 Å². The van der Waals surface area contributed by atoms with Gasteiger partial charge >= 0.3 is 5.97 Å². The van der Waals surface area contributed by atoms with E-state index in [1.165, 1.54) is 19.1 Å². The third-order valence-corrected chi connectivity index (χ3v) is 2.32. The van der Waals surface area contributed by atoms with Gasteiger partial charge in [0, 0.05) is 5.70 Å². The molecular formula is C11H9BrN2O4. The van der Waals surface area contributed by atoms with E-state index in [0.29, 0.717) is 4.67 Å². The minimum atomic E-state index is -0.791. The Kier molecular flexibility index (Phi) is 4.68. The first-order chi connectivity index (χ1) is 8.45. The molecule has 6 nitrogen and oxygen atoms in total. The SMILES string of the molecule is CC(N)=C(C#N)C(=O)COC(=O)c1ccc(Br)o1. The molecule has 0 aliphatic rings. The highest BCUT2D eigenvalue weighted by atomic mass is 79.9. The van der Waals surface area contributed by atoms with E-state index < -0.39 is 18.4 Å². The lowest BCUT2D eigenvalue weighted by Crippen LogP contribution is -2.17. The second kappa shape index (κ2) is 6.02. The molecule has 0 aromatic carbocycles. The first kappa shape index (κ1) is 14.0. The van der Waals surface area contributed by atoms with Crippen molar-refractivity contribution in [3.63, 3.8) is 0 Å². The van der Waals surface area contributed by atoms with Crippen molar-refractivity contribution in [2.45, 2.75) is 6.92 Å². The van der Waals surface area contributed by atoms with E-state index in [2.05, 4.69) is 15.9 Å². The molecule has 7 heteroatoms. The minimum absolute atomic E-state index is 0.0402. The molecule has 0 aliphatic heterocycles. The van der Waals surface area contributed by atoms with E-state index >= 15 is 0 Å². The zero-order valence-electron chi connectivity index (χ0n) is 9.40. The third kappa shape index (κ3) is 3.46. The Hall–Kier alpha value is -2.07. The summed E-state index contributed by atoms with van der Waals surface area (Å²) in [6, 6.07) is 4.56. The number of ketones is 1. The van der Waals surface area contributed by atoms with Gasteiger partial charge in [0.1, 0.15) is 11.6 Å². The number of hydrogen-bond donors (Lipinski definition) is 1. The quantitative estimate of drug-likeness (QED) is 0.513. The van der Waals surface area contributed by atoms with Gasteiger partial charge in [-0.15, -0.1) is 0 Å². The molecule has 2 N–H and O–H groups in total. The predicted octanol–water partition coefficient (Wildman–Crippen LogP) is 1.52. The Morgan fingerprint density at radius 3 is 2.67 bits per heavy atom. The zero-order chi connectivity index (χ0) is 13.7. The highest BCUT2D eigenvalue weighted by Gasteiger charge is 2.17. The summed E-state index contributed by atoms with van der Waals surface area (Å²) in [5.41, 5.74) is 5.20. The van der Waals surface area contributed by atoms with E-state index in [4.69, 9.17) is 20.1 Å². The van der Waals surface area contributed by atoms with Crippen LogP contribution >= 0.6 is 15.9 Å².